The number of aliphatic hydroxyl groups excluding tert-OH is 2. The minimum atomic E-state index is -0.905. The van der Waals surface area contributed by atoms with Crippen molar-refractivity contribution in [2.45, 2.75) is 17.6 Å². The van der Waals surface area contributed by atoms with Crippen LogP contribution in [0.1, 0.15) is 5.37 Å². The molecule has 24 heavy (non-hydrogen) atoms. The number of aliphatic hydroxyl groups is 2. The summed E-state index contributed by atoms with van der Waals surface area (Å²) in [6.45, 7) is 0. The van der Waals surface area contributed by atoms with Crippen LogP contribution in [0.5, 0.6) is 0 Å². The van der Waals surface area contributed by atoms with Gasteiger partial charge in [-0.05, 0) is 23.0 Å². The molecule has 0 radical (unpaired) electrons. The van der Waals surface area contributed by atoms with Crippen LogP contribution in [0.2, 0.25) is 5.28 Å². The lowest BCUT2D eigenvalue weighted by molar-refractivity contribution is 0.0316. The van der Waals surface area contributed by atoms with E-state index >= 15 is 0 Å². The van der Waals surface area contributed by atoms with Crippen LogP contribution in [0.25, 0.3) is 21.9 Å². The Morgan fingerprint density at radius 1 is 1.33 bits per heavy atom. The van der Waals surface area contributed by atoms with Crippen molar-refractivity contribution in [3.8, 4) is 10.7 Å². The maximum atomic E-state index is 10.4. The van der Waals surface area contributed by atoms with Crippen molar-refractivity contribution in [1.29, 1.82) is 0 Å². The normalized spacial score (nSPS) is 23.9. The number of thioether (sulfide) groups is 1. The number of hydrogen-bond acceptors (Lipinski definition) is 8. The first-order valence-electron chi connectivity index (χ1n) is 7.25. The number of rotatable bonds is 3. The Balaban J connectivity index is 2.01. The van der Waals surface area contributed by atoms with Crippen molar-refractivity contribution in [3.63, 3.8) is 0 Å². The third-order valence-corrected chi connectivity index (χ3v) is 6.27. The molecule has 0 unspecified atom stereocenters. The van der Waals surface area contributed by atoms with Crippen LogP contribution in [0.4, 0.5) is 5.82 Å². The van der Waals surface area contributed by atoms with E-state index in [0.29, 0.717) is 28.6 Å². The molecule has 126 valence electrons. The maximum Gasteiger partial charge on any atom is 0.226 e. The second-order valence-corrected chi connectivity index (χ2v) is 7.76. The zero-order valence-electron chi connectivity index (χ0n) is 12.5. The molecule has 0 aromatic carbocycles. The average Bonchev–Trinajstić information content (AvgIpc) is 3.27. The Bertz CT molecular complexity index is 885. The fourth-order valence-electron chi connectivity index (χ4n) is 2.75. The summed E-state index contributed by atoms with van der Waals surface area (Å²) in [5.41, 5.74) is 1.12. The van der Waals surface area contributed by atoms with Crippen molar-refractivity contribution in [1.82, 2.24) is 19.5 Å². The van der Waals surface area contributed by atoms with Gasteiger partial charge in [-0.25, -0.2) is 4.98 Å². The van der Waals surface area contributed by atoms with Gasteiger partial charge in [-0.3, -0.25) is 4.57 Å². The SMILES string of the molecule is CNc1nc(Cl)nc2c1nc(-c1cccs1)n2[C@@H]1SC[C@@H](O)[C@H]1O. The van der Waals surface area contributed by atoms with Gasteiger partial charge in [-0.1, -0.05) is 6.07 Å². The van der Waals surface area contributed by atoms with Gasteiger partial charge in [-0.15, -0.1) is 23.1 Å². The zero-order valence-corrected chi connectivity index (χ0v) is 14.9. The van der Waals surface area contributed by atoms with E-state index < -0.39 is 17.6 Å². The molecule has 0 spiro atoms. The first-order valence-corrected chi connectivity index (χ1v) is 9.55. The molecular formula is C14H14ClN5O2S2. The van der Waals surface area contributed by atoms with Gasteiger partial charge >= 0.3 is 0 Å². The Hall–Kier alpha value is -1.39. The van der Waals surface area contributed by atoms with Crippen LogP contribution in [0.3, 0.4) is 0 Å². The standard InChI is InChI=1S/C14H14ClN5O2S2/c1-16-10-8-12(19-14(15)18-10)20(13-9(22)6(21)5-24-13)11(17-8)7-3-2-4-23-7/h2-4,6,9,13,21-22H,5H2,1H3,(H,16,18,19)/t6-,9-,13-/m1/s1. The van der Waals surface area contributed by atoms with Gasteiger partial charge in [-0.2, -0.15) is 9.97 Å². The topological polar surface area (TPSA) is 96.1 Å². The fraction of sp³-hybridized carbons (Fsp3) is 0.357. The number of fused-ring (bicyclic) bond motifs is 1. The van der Waals surface area contributed by atoms with Crippen LogP contribution in [-0.4, -0.2) is 54.7 Å². The second kappa shape index (κ2) is 6.16. The van der Waals surface area contributed by atoms with Gasteiger partial charge in [0.2, 0.25) is 5.28 Å². The molecule has 4 rings (SSSR count). The molecule has 0 bridgehead atoms. The molecule has 0 saturated carbocycles. The minimum absolute atomic E-state index is 0.101. The number of imidazole rings is 1. The van der Waals surface area contributed by atoms with E-state index in [1.165, 1.54) is 11.8 Å². The van der Waals surface area contributed by atoms with E-state index in [1.807, 2.05) is 22.1 Å². The molecule has 4 heterocycles. The molecule has 10 heteroatoms. The van der Waals surface area contributed by atoms with E-state index in [-0.39, 0.29) is 5.28 Å². The van der Waals surface area contributed by atoms with Gasteiger partial charge in [0, 0.05) is 12.8 Å². The van der Waals surface area contributed by atoms with Gasteiger partial charge in [0.05, 0.1) is 11.0 Å². The number of anilines is 1. The molecule has 3 aromatic heterocycles. The number of aromatic nitrogens is 4. The molecule has 3 atom stereocenters. The van der Waals surface area contributed by atoms with Crippen molar-refractivity contribution in [3.05, 3.63) is 22.8 Å². The molecule has 1 fully saturated rings. The molecular weight excluding hydrogens is 370 g/mol. The third-order valence-electron chi connectivity index (χ3n) is 3.87. The van der Waals surface area contributed by atoms with Crippen molar-refractivity contribution in [2.75, 3.05) is 18.1 Å². The van der Waals surface area contributed by atoms with E-state index in [2.05, 4.69) is 15.3 Å². The average molecular weight is 384 g/mol. The maximum absolute atomic E-state index is 10.4. The number of nitrogens with one attached hydrogen (secondary N) is 1. The summed E-state index contributed by atoms with van der Waals surface area (Å²) in [6.07, 6.45) is -1.69. The lowest BCUT2D eigenvalue weighted by Crippen LogP contribution is -2.28. The highest BCUT2D eigenvalue weighted by molar-refractivity contribution is 7.99. The summed E-state index contributed by atoms with van der Waals surface area (Å²) in [5.74, 6) is 1.66. The summed E-state index contributed by atoms with van der Waals surface area (Å²) in [5, 5.41) is 25.0. The smallest absolute Gasteiger partial charge is 0.226 e. The predicted molar refractivity (Wildman–Crippen MR) is 96.7 cm³/mol. The minimum Gasteiger partial charge on any atom is -0.389 e. The molecule has 3 N–H and O–H groups in total. The predicted octanol–water partition coefficient (Wildman–Crippen LogP) is 2.22. The molecule has 0 aliphatic carbocycles. The molecule has 1 saturated heterocycles. The van der Waals surface area contributed by atoms with E-state index in [9.17, 15) is 10.2 Å². The summed E-state index contributed by atoms with van der Waals surface area (Å²) in [6, 6.07) is 3.90. The van der Waals surface area contributed by atoms with Crippen LogP contribution in [0, 0.1) is 0 Å². The summed E-state index contributed by atoms with van der Waals surface area (Å²) < 4.78 is 1.85. The van der Waals surface area contributed by atoms with Gasteiger partial charge in [0.15, 0.2) is 22.8 Å². The van der Waals surface area contributed by atoms with Crippen LogP contribution >= 0.6 is 34.7 Å². The summed E-state index contributed by atoms with van der Waals surface area (Å²) >= 11 is 9.07. The van der Waals surface area contributed by atoms with Gasteiger partial charge in [0.1, 0.15) is 11.5 Å². The van der Waals surface area contributed by atoms with Crippen molar-refractivity contribution < 1.29 is 10.2 Å². The number of thiophene rings is 1. The number of hydrogen-bond donors (Lipinski definition) is 3. The number of nitrogens with zero attached hydrogens (tertiary/aromatic N) is 4. The zero-order chi connectivity index (χ0) is 16.8. The largest absolute Gasteiger partial charge is 0.389 e. The lowest BCUT2D eigenvalue weighted by Gasteiger charge is -2.19. The Labute approximate surface area is 150 Å². The second-order valence-electron chi connectivity index (χ2n) is 5.33. The first-order chi connectivity index (χ1) is 11.6. The van der Waals surface area contributed by atoms with Gasteiger partial charge in [0.25, 0.3) is 0 Å². The molecule has 7 nitrogen and oxygen atoms in total. The van der Waals surface area contributed by atoms with Gasteiger partial charge < -0.3 is 15.5 Å². The third kappa shape index (κ3) is 2.47. The Morgan fingerprint density at radius 3 is 2.79 bits per heavy atom. The fourth-order valence-corrected chi connectivity index (χ4v) is 4.95. The Morgan fingerprint density at radius 2 is 2.17 bits per heavy atom. The van der Waals surface area contributed by atoms with E-state index in [1.54, 1.807) is 18.4 Å². The van der Waals surface area contributed by atoms with Crippen molar-refractivity contribution >= 4 is 51.7 Å². The monoisotopic (exact) mass is 383 g/mol. The molecule has 3 aromatic rings. The molecule has 1 aliphatic rings. The number of halogens is 1. The van der Waals surface area contributed by atoms with Crippen LogP contribution in [0.15, 0.2) is 17.5 Å². The summed E-state index contributed by atoms with van der Waals surface area (Å²) in [7, 11) is 1.74. The molecule has 1 aliphatic heterocycles. The lowest BCUT2D eigenvalue weighted by atomic mass is 10.2. The summed E-state index contributed by atoms with van der Waals surface area (Å²) in [4.78, 5) is 14.1. The quantitative estimate of drug-likeness (QED) is 0.597. The molecule has 0 amide bonds. The van der Waals surface area contributed by atoms with Crippen LogP contribution in [-0.2, 0) is 0 Å². The highest BCUT2D eigenvalue weighted by Crippen LogP contribution is 2.42. The van der Waals surface area contributed by atoms with E-state index in [0.717, 1.165) is 4.88 Å². The van der Waals surface area contributed by atoms with E-state index in [4.69, 9.17) is 16.6 Å². The first kappa shape index (κ1) is 16.1. The van der Waals surface area contributed by atoms with Crippen LogP contribution < -0.4 is 5.32 Å². The highest BCUT2D eigenvalue weighted by Gasteiger charge is 2.38. The Kier molecular flexibility index (Phi) is 4.13. The van der Waals surface area contributed by atoms with Crippen molar-refractivity contribution in [2.24, 2.45) is 0 Å². The highest BCUT2D eigenvalue weighted by atomic mass is 35.5.